The summed E-state index contributed by atoms with van der Waals surface area (Å²) in [4.78, 5) is 26.3. The van der Waals surface area contributed by atoms with Crippen molar-refractivity contribution >= 4 is 23.5 Å². The minimum Gasteiger partial charge on any atom is -0.454 e. The number of aliphatic hydroxyl groups is 1. The third-order valence-electron chi connectivity index (χ3n) is 4.66. The first-order valence-corrected chi connectivity index (χ1v) is 8.20. The van der Waals surface area contributed by atoms with Crippen LogP contribution in [0.3, 0.4) is 0 Å². The summed E-state index contributed by atoms with van der Waals surface area (Å²) in [5, 5.41) is 10.9. The van der Waals surface area contributed by atoms with Crippen LogP contribution >= 0.6 is 0 Å². The number of nitrogens with zero attached hydrogens (tertiary/aromatic N) is 1. The second-order valence-corrected chi connectivity index (χ2v) is 6.33. The Labute approximate surface area is 150 Å². The molecule has 2 aromatic carbocycles. The van der Waals surface area contributed by atoms with Gasteiger partial charge in [0.25, 0.3) is 5.91 Å². The molecular weight excluding hydrogens is 334 g/mol. The van der Waals surface area contributed by atoms with Gasteiger partial charge in [-0.1, -0.05) is 30.3 Å². The maximum absolute atomic E-state index is 12.5. The lowest BCUT2D eigenvalue weighted by Crippen LogP contribution is -2.40. The Morgan fingerprint density at radius 2 is 2.00 bits per heavy atom. The topological polar surface area (TPSA) is 76.1 Å². The van der Waals surface area contributed by atoms with Crippen LogP contribution in [0.25, 0.3) is 6.08 Å². The van der Waals surface area contributed by atoms with E-state index in [1.54, 1.807) is 55.6 Å². The number of amides is 1. The molecule has 0 saturated carbocycles. The number of rotatable bonds is 4. The molecule has 0 unspecified atom stereocenters. The number of fused-ring (bicyclic) bond motifs is 2. The van der Waals surface area contributed by atoms with Crippen LogP contribution in [0.2, 0.25) is 0 Å². The van der Waals surface area contributed by atoms with Crippen molar-refractivity contribution < 1.29 is 24.2 Å². The Kier molecular flexibility index (Phi) is 3.77. The fourth-order valence-electron chi connectivity index (χ4n) is 3.31. The minimum absolute atomic E-state index is 0.184. The molecule has 0 radical (unpaired) electrons. The Morgan fingerprint density at radius 1 is 1.23 bits per heavy atom. The van der Waals surface area contributed by atoms with Gasteiger partial charge < -0.3 is 19.5 Å². The van der Waals surface area contributed by atoms with Crippen molar-refractivity contribution in [3.05, 3.63) is 59.7 Å². The van der Waals surface area contributed by atoms with Crippen LogP contribution in [0.4, 0.5) is 5.69 Å². The van der Waals surface area contributed by atoms with E-state index in [1.807, 2.05) is 0 Å². The number of hydrogen-bond acceptors (Lipinski definition) is 5. The molecule has 0 fully saturated rings. The van der Waals surface area contributed by atoms with Crippen LogP contribution in [-0.4, -0.2) is 30.6 Å². The molecule has 26 heavy (non-hydrogen) atoms. The van der Waals surface area contributed by atoms with Crippen molar-refractivity contribution in [3.8, 4) is 11.5 Å². The maximum atomic E-state index is 12.5. The molecule has 6 nitrogen and oxygen atoms in total. The molecule has 1 atom stereocenters. The summed E-state index contributed by atoms with van der Waals surface area (Å²) in [5.41, 5.74) is 0.0107. The maximum Gasteiger partial charge on any atom is 0.263 e. The number of ether oxygens (including phenoxy) is 2. The molecule has 4 rings (SSSR count). The average Bonchev–Trinajstić information content (AvgIpc) is 3.18. The fourth-order valence-corrected chi connectivity index (χ4v) is 3.31. The summed E-state index contributed by atoms with van der Waals surface area (Å²) in [6.45, 7) is 0.184. The predicted molar refractivity (Wildman–Crippen MR) is 95.0 cm³/mol. The van der Waals surface area contributed by atoms with E-state index in [0.717, 1.165) is 5.56 Å². The van der Waals surface area contributed by atoms with Crippen molar-refractivity contribution in [1.29, 1.82) is 0 Å². The number of carbonyl (C=O) groups is 2. The van der Waals surface area contributed by atoms with Crippen LogP contribution in [-0.2, 0) is 15.2 Å². The van der Waals surface area contributed by atoms with Gasteiger partial charge in [-0.15, -0.1) is 0 Å². The summed E-state index contributed by atoms with van der Waals surface area (Å²) < 4.78 is 10.6. The Bertz CT molecular complexity index is 936. The van der Waals surface area contributed by atoms with Gasteiger partial charge in [0.2, 0.25) is 6.79 Å². The molecule has 2 aliphatic heterocycles. The van der Waals surface area contributed by atoms with Gasteiger partial charge in [0.05, 0.1) is 12.1 Å². The highest BCUT2D eigenvalue weighted by Gasteiger charge is 2.49. The summed E-state index contributed by atoms with van der Waals surface area (Å²) in [5.74, 6) is 0.450. The van der Waals surface area contributed by atoms with Gasteiger partial charge in [0.15, 0.2) is 22.9 Å². The van der Waals surface area contributed by atoms with Crippen LogP contribution in [0, 0.1) is 0 Å². The molecule has 2 heterocycles. The van der Waals surface area contributed by atoms with E-state index in [0.29, 0.717) is 22.7 Å². The second kappa shape index (κ2) is 6.00. The summed E-state index contributed by atoms with van der Waals surface area (Å²) >= 11 is 0. The molecule has 2 aromatic rings. The van der Waals surface area contributed by atoms with Crippen LogP contribution in [0.15, 0.2) is 48.5 Å². The van der Waals surface area contributed by atoms with E-state index in [2.05, 4.69) is 0 Å². The number of carbonyl (C=O) groups excluding carboxylic acids is 2. The smallest absolute Gasteiger partial charge is 0.263 e. The lowest BCUT2D eigenvalue weighted by Gasteiger charge is -2.20. The number of likely N-dealkylation sites (N-methyl/N-ethyl adjacent to an activating group) is 1. The van der Waals surface area contributed by atoms with E-state index in [4.69, 9.17) is 9.47 Å². The van der Waals surface area contributed by atoms with Crippen molar-refractivity contribution in [2.24, 2.45) is 0 Å². The van der Waals surface area contributed by atoms with Crippen molar-refractivity contribution in [3.63, 3.8) is 0 Å². The molecule has 0 bridgehead atoms. The highest BCUT2D eigenvalue weighted by molar-refractivity contribution is 6.09. The summed E-state index contributed by atoms with van der Waals surface area (Å²) in [6, 6.07) is 12.3. The number of allylic oxidation sites excluding steroid dienone is 1. The molecule has 0 aromatic heterocycles. The van der Waals surface area contributed by atoms with Crippen molar-refractivity contribution in [1.82, 2.24) is 0 Å². The second-order valence-electron chi connectivity index (χ2n) is 6.33. The van der Waals surface area contributed by atoms with Gasteiger partial charge in [0, 0.05) is 12.6 Å². The zero-order chi connectivity index (χ0) is 18.3. The molecule has 132 valence electrons. The molecule has 1 N–H and O–H groups in total. The largest absolute Gasteiger partial charge is 0.454 e. The van der Waals surface area contributed by atoms with Gasteiger partial charge >= 0.3 is 0 Å². The molecule has 1 amide bonds. The van der Waals surface area contributed by atoms with E-state index in [1.165, 1.54) is 11.0 Å². The molecule has 2 aliphatic rings. The monoisotopic (exact) mass is 351 g/mol. The molecule has 0 spiro atoms. The quantitative estimate of drug-likeness (QED) is 0.855. The first kappa shape index (κ1) is 16.4. The van der Waals surface area contributed by atoms with Crippen LogP contribution in [0.1, 0.15) is 17.5 Å². The lowest BCUT2D eigenvalue weighted by atomic mass is 9.90. The van der Waals surface area contributed by atoms with E-state index in [9.17, 15) is 14.7 Å². The third-order valence-corrected chi connectivity index (χ3v) is 4.66. The van der Waals surface area contributed by atoms with Crippen molar-refractivity contribution in [2.75, 3.05) is 18.7 Å². The van der Waals surface area contributed by atoms with Crippen LogP contribution < -0.4 is 14.4 Å². The first-order valence-electron chi connectivity index (χ1n) is 8.20. The molecular formula is C20H17NO5. The number of para-hydroxylation sites is 1. The highest BCUT2D eigenvalue weighted by Crippen LogP contribution is 2.41. The predicted octanol–water partition coefficient (Wildman–Crippen LogP) is 2.25. The van der Waals surface area contributed by atoms with Gasteiger partial charge in [-0.3, -0.25) is 9.59 Å². The third kappa shape index (κ3) is 2.55. The van der Waals surface area contributed by atoms with E-state index < -0.39 is 11.5 Å². The number of ketones is 1. The number of hydrogen-bond donors (Lipinski definition) is 1. The Morgan fingerprint density at radius 3 is 2.85 bits per heavy atom. The van der Waals surface area contributed by atoms with E-state index >= 15 is 0 Å². The fraction of sp³-hybridized carbons (Fsp3) is 0.200. The number of benzene rings is 2. The van der Waals surface area contributed by atoms with Crippen molar-refractivity contribution in [2.45, 2.75) is 12.0 Å². The molecule has 0 aliphatic carbocycles. The molecule has 0 saturated heterocycles. The van der Waals surface area contributed by atoms with Gasteiger partial charge in [-0.25, -0.2) is 0 Å². The van der Waals surface area contributed by atoms with Gasteiger partial charge in [-0.2, -0.15) is 0 Å². The Hall–Kier alpha value is -3.12. The zero-order valence-electron chi connectivity index (χ0n) is 14.1. The SMILES string of the molecule is CN1C(=O)[C@](O)(CC(=O)/C=C/c2ccc3c(c2)OCO3)c2ccccc21. The molecule has 6 heteroatoms. The normalized spacial score (nSPS) is 20.7. The summed E-state index contributed by atoms with van der Waals surface area (Å²) in [7, 11) is 1.59. The zero-order valence-corrected chi connectivity index (χ0v) is 14.1. The van der Waals surface area contributed by atoms with E-state index in [-0.39, 0.29) is 19.0 Å². The minimum atomic E-state index is -1.83. The first-order chi connectivity index (χ1) is 12.5. The van der Waals surface area contributed by atoms with Gasteiger partial charge in [0.1, 0.15) is 0 Å². The number of anilines is 1. The van der Waals surface area contributed by atoms with Gasteiger partial charge in [-0.05, 0) is 29.8 Å². The Balaban J connectivity index is 1.54. The average molecular weight is 351 g/mol. The van der Waals surface area contributed by atoms with Crippen LogP contribution in [0.5, 0.6) is 11.5 Å². The summed E-state index contributed by atoms with van der Waals surface area (Å²) in [6.07, 6.45) is 2.68. The standard InChI is InChI=1S/C20H17NO5/c1-21-16-5-3-2-4-15(16)20(24,19(21)23)11-14(22)8-6-13-7-9-17-18(10-13)26-12-25-17/h2-10,24H,11-12H2,1H3/b8-6+/t20-/m0/s1. The highest BCUT2D eigenvalue weighted by atomic mass is 16.7. The lowest BCUT2D eigenvalue weighted by molar-refractivity contribution is -0.140.